The van der Waals surface area contributed by atoms with E-state index >= 15 is 0 Å². The quantitative estimate of drug-likeness (QED) is 0.394. The molecule has 0 spiro atoms. The lowest BCUT2D eigenvalue weighted by Crippen LogP contribution is -2.26. The Labute approximate surface area is 165 Å². The van der Waals surface area contributed by atoms with E-state index in [2.05, 4.69) is 17.0 Å². The normalized spacial score (nSPS) is 16.2. The molecule has 0 atom stereocenters. The maximum absolute atomic E-state index is 10.9. The summed E-state index contributed by atoms with van der Waals surface area (Å²) >= 11 is 0. The van der Waals surface area contributed by atoms with E-state index in [1.165, 1.54) is 44.3 Å². The monoisotopic (exact) mass is 397 g/mol. The molecule has 0 saturated carbocycles. The topological polar surface area (TPSA) is 55.8 Å². The summed E-state index contributed by atoms with van der Waals surface area (Å²) in [5, 5.41) is 0. The fourth-order valence-electron chi connectivity index (χ4n) is 3.41. The van der Waals surface area contributed by atoms with E-state index in [0.717, 1.165) is 57.3 Å². The van der Waals surface area contributed by atoms with Gasteiger partial charge in [-0.15, -0.1) is 0 Å². The van der Waals surface area contributed by atoms with Crippen LogP contribution in [0.4, 0.5) is 0 Å². The highest BCUT2D eigenvalue weighted by Gasteiger charge is 2.08. The summed E-state index contributed by atoms with van der Waals surface area (Å²) in [6, 6.07) is 8.34. The number of aryl methyl sites for hydroxylation is 1. The maximum Gasteiger partial charge on any atom is 0.264 e. The van der Waals surface area contributed by atoms with Gasteiger partial charge < -0.3 is 9.64 Å². The summed E-state index contributed by atoms with van der Waals surface area (Å²) in [4.78, 5) is 2.57. The molecule has 1 saturated heterocycles. The van der Waals surface area contributed by atoms with Crippen molar-refractivity contribution < 1.29 is 17.3 Å². The van der Waals surface area contributed by atoms with Crippen LogP contribution in [0.2, 0.25) is 0 Å². The molecule has 0 bridgehead atoms. The summed E-state index contributed by atoms with van der Waals surface area (Å²) in [6.07, 6.45) is 11.4. The van der Waals surface area contributed by atoms with Crippen LogP contribution in [0, 0.1) is 0 Å². The molecule has 0 amide bonds. The molecule has 0 unspecified atom stereocenters. The van der Waals surface area contributed by atoms with Gasteiger partial charge in [-0.25, -0.2) is 0 Å². The number of rotatable bonds is 12. The summed E-state index contributed by atoms with van der Waals surface area (Å²) in [5.41, 5.74) is 1.29. The van der Waals surface area contributed by atoms with Gasteiger partial charge in [0, 0.05) is 6.54 Å². The lowest BCUT2D eigenvalue weighted by atomic mass is 10.1. The molecule has 1 fully saturated rings. The van der Waals surface area contributed by atoms with Crippen molar-refractivity contribution >= 4 is 10.1 Å². The van der Waals surface area contributed by atoms with Gasteiger partial charge in [-0.05, 0) is 69.3 Å². The Morgan fingerprint density at radius 2 is 1.59 bits per heavy atom. The van der Waals surface area contributed by atoms with Crippen molar-refractivity contribution in [3.05, 3.63) is 29.8 Å². The van der Waals surface area contributed by atoms with Crippen LogP contribution >= 0.6 is 0 Å². The summed E-state index contributed by atoms with van der Waals surface area (Å²) in [5.74, 6) is 0.941. The van der Waals surface area contributed by atoms with E-state index in [4.69, 9.17) is 8.92 Å². The van der Waals surface area contributed by atoms with Crippen molar-refractivity contribution in [2.24, 2.45) is 0 Å². The van der Waals surface area contributed by atoms with Gasteiger partial charge in [0.2, 0.25) is 0 Å². The number of ether oxygens (including phenoxy) is 1. The first-order valence-corrected chi connectivity index (χ1v) is 12.1. The largest absolute Gasteiger partial charge is 0.494 e. The third-order valence-corrected chi connectivity index (χ3v) is 5.51. The van der Waals surface area contributed by atoms with Crippen molar-refractivity contribution in [1.82, 2.24) is 4.90 Å². The number of hydrogen-bond donors (Lipinski definition) is 0. The van der Waals surface area contributed by atoms with E-state index in [1.54, 1.807) is 0 Å². The van der Waals surface area contributed by atoms with Gasteiger partial charge >= 0.3 is 0 Å². The Morgan fingerprint density at radius 1 is 0.889 bits per heavy atom. The smallest absolute Gasteiger partial charge is 0.264 e. The third kappa shape index (κ3) is 10.7. The number of unbranched alkanes of at least 4 members (excludes halogenated alkanes) is 2. The Bertz CT molecular complexity index is 608. The predicted molar refractivity (Wildman–Crippen MR) is 110 cm³/mol. The van der Waals surface area contributed by atoms with Crippen LogP contribution in [-0.4, -0.2) is 52.4 Å². The maximum atomic E-state index is 10.9. The Kier molecular flexibility index (Phi) is 10.2. The summed E-state index contributed by atoms with van der Waals surface area (Å²) in [6.45, 7) is 4.69. The third-order valence-electron chi connectivity index (χ3n) is 4.92. The highest BCUT2D eigenvalue weighted by atomic mass is 32.2. The SMILES string of the molecule is CS(=O)(=O)OCCCCCc1ccc(OCCCN2CCCCCC2)cc1. The van der Waals surface area contributed by atoms with Crippen molar-refractivity contribution in [1.29, 1.82) is 0 Å². The zero-order valence-electron chi connectivity index (χ0n) is 16.7. The molecule has 0 radical (unpaired) electrons. The van der Waals surface area contributed by atoms with Crippen molar-refractivity contribution in [2.45, 2.75) is 57.8 Å². The van der Waals surface area contributed by atoms with Crippen LogP contribution in [-0.2, 0) is 20.7 Å². The average molecular weight is 398 g/mol. The summed E-state index contributed by atoms with van der Waals surface area (Å²) in [7, 11) is -3.30. The second-order valence-electron chi connectivity index (χ2n) is 7.44. The van der Waals surface area contributed by atoms with Crippen LogP contribution in [0.15, 0.2) is 24.3 Å². The lowest BCUT2D eigenvalue weighted by molar-refractivity contribution is 0.240. The minimum atomic E-state index is -3.30. The first-order valence-electron chi connectivity index (χ1n) is 10.3. The Morgan fingerprint density at radius 3 is 2.26 bits per heavy atom. The van der Waals surface area contributed by atoms with E-state index in [-0.39, 0.29) is 6.61 Å². The van der Waals surface area contributed by atoms with Crippen molar-refractivity contribution in [3.63, 3.8) is 0 Å². The molecule has 5 nitrogen and oxygen atoms in total. The van der Waals surface area contributed by atoms with Gasteiger partial charge in [0.25, 0.3) is 10.1 Å². The van der Waals surface area contributed by atoms with Crippen LogP contribution in [0.3, 0.4) is 0 Å². The van der Waals surface area contributed by atoms with E-state index in [1.807, 2.05) is 12.1 Å². The number of nitrogens with zero attached hydrogens (tertiary/aromatic N) is 1. The lowest BCUT2D eigenvalue weighted by Gasteiger charge is -2.19. The van der Waals surface area contributed by atoms with E-state index in [0.29, 0.717) is 0 Å². The van der Waals surface area contributed by atoms with Crippen LogP contribution in [0.1, 0.15) is 56.9 Å². The fourth-order valence-corrected chi connectivity index (χ4v) is 3.83. The average Bonchev–Trinajstić information content (AvgIpc) is 2.91. The zero-order chi connectivity index (χ0) is 19.4. The molecule has 0 aliphatic carbocycles. The van der Waals surface area contributed by atoms with Crippen LogP contribution < -0.4 is 4.74 Å². The highest BCUT2D eigenvalue weighted by molar-refractivity contribution is 7.85. The molecule has 1 aromatic carbocycles. The molecule has 2 rings (SSSR count). The molecule has 6 heteroatoms. The van der Waals surface area contributed by atoms with Gasteiger partial charge in [0.15, 0.2) is 0 Å². The highest BCUT2D eigenvalue weighted by Crippen LogP contribution is 2.15. The van der Waals surface area contributed by atoms with Crippen LogP contribution in [0.5, 0.6) is 5.75 Å². The number of hydrogen-bond acceptors (Lipinski definition) is 5. The molecule has 1 heterocycles. The second kappa shape index (κ2) is 12.4. The Balaban J connectivity index is 1.54. The molecule has 27 heavy (non-hydrogen) atoms. The molecular weight excluding hydrogens is 362 g/mol. The molecule has 0 aromatic heterocycles. The first kappa shape index (κ1) is 22.2. The van der Waals surface area contributed by atoms with Crippen LogP contribution in [0.25, 0.3) is 0 Å². The number of benzene rings is 1. The molecule has 0 N–H and O–H groups in total. The standard InChI is InChI=1S/C21H35NO4S/c1-27(23,24)26-19-8-4-5-10-20-11-13-21(14-12-20)25-18-9-17-22-15-6-2-3-7-16-22/h11-14H,2-10,15-19H2,1H3. The predicted octanol–water partition coefficient (Wildman–Crippen LogP) is 4.02. The Hall–Kier alpha value is -1.11. The van der Waals surface area contributed by atoms with Gasteiger partial charge in [0.1, 0.15) is 5.75 Å². The molecule has 1 aliphatic rings. The second-order valence-corrected chi connectivity index (χ2v) is 9.08. The van der Waals surface area contributed by atoms with Gasteiger partial charge in [-0.1, -0.05) is 31.4 Å². The first-order chi connectivity index (χ1) is 13.0. The minimum absolute atomic E-state index is 0.281. The fraction of sp³-hybridized carbons (Fsp3) is 0.714. The molecular formula is C21H35NO4S. The van der Waals surface area contributed by atoms with E-state index < -0.39 is 10.1 Å². The zero-order valence-corrected chi connectivity index (χ0v) is 17.5. The molecule has 1 aliphatic heterocycles. The van der Waals surface area contributed by atoms with Crippen molar-refractivity contribution in [3.8, 4) is 5.75 Å². The summed E-state index contributed by atoms with van der Waals surface area (Å²) < 4.78 is 32.4. The molecule has 154 valence electrons. The molecule has 1 aromatic rings. The van der Waals surface area contributed by atoms with E-state index in [9.17, 15) is 8.42 Å². The van der Waals surface area contributed by atoms with Crippen molar-refractivity contribution in [2.75, 3.05) is 39.1 Å². The van der Waals surface area contributed by atoms with Gasteiger partial charge in [-0.2, -0.15) is 8.42 Å². The number of likely N-dealkylation sites (tertiary alicyclic amines) is 1. The minimum Gasteiger partial charge on any atom is -0.494 e. The van der Waals surface area contributed by atoms with Gasteiger partial charge in [0.05, 0.1) is 19.5 Å². The van der Waals surface area contributed by atoms with Gasteiger partial charge in [-0.3, -0.25) is 4.18 Å².